The summed E-state index contributed by atoms with van der Waals surface area (Å²) in [7, 11) is 1.87. The van der Waals surface area contributed by atoms with Gasteiger partial charge in [0.05, 0.1) is 6.10 Å². The molecular weight excluding hydrogens is 270 g/mol. The molecule has 0 aromatic heterocycles. The Bertz CT molecular complexity index is 379. The van der Waals surface area contributed by atoms with Gasteiger partial charge in [-0.05, 0) is 25.0 Å². The molecule has 4 unspecified atom stereocenters. The first-order valence-electron chi connectivity index (χ1n) is 7.83. The molecule has 0 aromatic carbocycles. The summed E-state index contributed by atoms with van der Waals surface area (Å²) in [4.78, 5) is 4.39. The van der Waals surface area contributed by atoms with Crippen LogP contribution in [0.2, 0.25) is 0 Å². The zero-order valence-corrected chi connectivity index (χ0v) is 13.6. The van der Waals surface area contributed by atoms with Crippen LogP contribution in [0.5, 0.6) is 0 Å². The average Bonchev–Trinajstić information content (AvgIpc) is 3.08. The maximum Gasteiger partial charge on any atom is 0.191 e. The van der Waals surface area contributed by atoms with Crippen LogP contribution in [-0.4, -0.2) is 49.3 Å². The molecule has 4 atom stereocenters. The summed E-state index contributed by atoms with van der Waals surface area (Å²) in [6, 6.07) is 0.484. The van der Waals surface area contributed by atoms with Crippen LogP contribution >= 0.6 is 11.8 Å². The van der Waals surface area contributed by atoms with Crippen molar-refractivity contribution in [1.82, 2.24) is 10.6 Å². The highest BCUT2D eigenvalue weighted by molar-refractivity contribution is 8.00. The lowest BCUT2D eigenvalue weighted by Crippen LogP contribution is -2.68. The Morgan fingerprint density at radius 3 is 2.95 bits per heavy atom. The van der Waals surface area contributed by atoms with Crippen molar-refractivity contribution in [2.24, 2.45) is 16.3 Å². The molecule has 0 radical (unpaired) electrons. The van der Waals surface area contributed by atoms with Crippen LogP contribution in [0.1, 0.15) is 33.1 Å². The lowest BCUT2D eigenvalue weighted by atomic mass is 9.57. The lowest BCUT2D eigenvalue weighted by Gasteiger charge is -2.54. The fourth-order valence-corrected chi connectivity index (χ4v) is 5.18. The molecule has 20 heavy (non-hydrogen) atoms. The van der Waals surface area contributed by atoms with Crippen molar-refractivity contribution in [1.29, 1.82) is 0 Å². The average molecular weight is 297 g/mol. The summed E-state index contributed by atoms with van der Waals surface area (Å²) in [5.74, 6) is 2.93. The number of ether oxygens (including phenoxy) is 1. The molecule has 1 saturated carbocycles. The highest BCUT2D eigenvalue weighted by atomic mass is 32.2. The second-order valence-corrected chi connectivity index (χ2v) is 8.18. The fraction of sp³-hybridized carbons (Fsp3) is 0.933. The van der Waals surface area contributed by atoms with E-state index >= 15 is 0 Å². The van der Waals surface area contributed by atoms with Crippen molar-refractivity contribution in [3.8, 4) is 0 Å². The summed E-state index contributed by atoms with van der Waals surface area (Å²) in [5, 5.41) is 7.90. The third-order valence-corrected chi connectivity index (χ3v) is 6.54. The van der Waals surface area contributed by atoms with Gasteiger partial charge in [0.1, 0.15) is 0 Å². The van der Waals surface area contributed by atoms with Crippen molar-refractivity contribution < 1.29 is 4.74 Å². The van der Waals surface area contributed by atoms with Crippen LogP contribution < -0.4 is 10.6 Å². The Morgan fingerprint density at radius 2 is 2.25 bits per heavy atom. The van der Waals surface area contributed by atoms with Gasteiger partial charge in [0, 0.05) is 42.8 Å². The van der Waals surface area contributed by atoms with Gasteiger partial charge in [-0.25, -0.2) is 0 Å². The van der Waals surface area contributed by atoms with Gasteiger partial charge >= 0.3 is 0 Å². The molecule has 3 aliphatic rings. The molecule has 4 nitrogen and oxygen atoms in total. The summed E-state index contributed by atoms with van der Waals surface area (Å²) in [6.07, 6.45) is 4.31. The first kappa shape index (κ1) is 14.5. The molecule has 3 rings (SSSR count). The van der Waals surface area contributed by atoms with Gasteiger partial charge in [0.15, 0.2) is 5.96 Å². The summed E-state index contributed by atoms with van der Waals surface area (Å²) >= 11 is 2.08. The van der Waals surface area contributed by atoms with E-state index in [1.165, 1.54) is 25.0 Å². The first-order chi connectivity index (χ1) is 9.63. The predicted octanol–water partition coefficient (Wildman–Crippen LogP) is 1.86. The molecule has 0 amide bonds. The molecule has 1 aliphatic carbocycles. The first-order valence-corrected chi connectivity index (χ1v) is 8.88. The Balaban J connectivity index is 1.52. The van der Waals surface area contributed by atoms with Crippen LogP contribution in [0.15, 0.2) is 4.99 Å². The van der Waals surface area contributed by atoms with E-state index in [4.69, 9.17) is 4.74 Å². The number of rotatable bonds is 3. The minimum absolute atomic E-state index is 0.209. The molecule has 3 fully saturated rings. The third kappa shape index (κ3) is 2.54. The number of fused-ring (bicyclic) bond motifs is 1. The third-order valence-electron chi connectivity index (χ3n) is 5.14. The van der Waals surface area contributed by atoms with Crippen LogP contribution in [0.3, 0.4) is 0 Å². The molecular formula is C15H27N3OS. The summed E-state index contributed by atoms with van der Waals surface area (Å²) in [5.41, 5.74) is 0.209. The maximum absolute atomic E-state index is 5.85. The number of aliphatic imine (C=N–C) groups is 1. The van der Waals surface area contributed by atoms with E-state index in [0.29, 0.717) is 18.1 Å². The molecule has 2 N–H and O–H groups in total. The quantitative estimate of drug-likeness (QED) is 0.616. The monoisotopic (exact) mass is 297 g/mol. The van der Waals surface area contributed by atoms with E-state index in [0.717, 1.165) is 24.4 Å². The Kier molecular flexibility index (Phi) is 4.18. The normalized spacial score (nSPS) is 39.2. The topological polar surface area (TPSA) is 45.7 Å². The van der Waals surface area contributed by atoms with Crippen LogP contribution in [0.4, 0.5) is 0 Å². The van der Waals surface area contributed by atoms with E-state index in [-0.39, 0.29) is 5.41 Å². The van der Waals surface area contributed by atoms with Gasteiger partial charge in [0.25, 0.3) is 0 Å². The Morgan fingerprint density at radius 1 is 1.40 bits per heavy atom. The Labute approximate surface area is 126 Å². The number of nitrogens with zero attached hydrogens (tertiary/aromatic N) is 1. The fourth-order valence-electron chi connectivity index (χ4n) is 3.98. The lowest BCUT2D eigenvalue weighted by molar-refractivity contribution is -0.106. The molecule has 114 valence electrons. The second-order valence-electron chi connectivity index (χ2n) is 6.78. The molecule has 0 aromatic rings. The second kappa shape index (κ2) is 5.76. The van der Waals surface area contributed by atoms with Crippen molar-refractivity contribution in [3.63, 3.8) is 0 Å². The van der Waals surface area contributed by atoms with Gasteiger partial charge < -0.3 is 15.4 Å². The molecule has 2 saturated heterocycles. The van der Waals surface area contributed by atoms with Crippen molar-refractivity contribution in [3.05, 3.63) is 0 Å². The van der Waals surface area contributed by atoms with Crippen LogP contribution in [-0.2, 0) is 4.74 Å². The number of hydrogen-bond acceptors (Lipinski definition) is 3. The minimum atomic E-state index is 0.209. The van der Waals surface area contributed by atoms with Crippen LogP contribution in [0.25, 0.3) is 0 Å². The van der Waals surface area contributed by atoms with Crippen molar-refractivity contribution >= 4 is 17.7 Å². The SMILES string of the molecule is CN=C(NCC1CCCS1)NC1C2CCOC2C1(C)C. The van der Waals surface area contributed by atoms with Gasteiger partial charge in [-0.3, -0.25) is 4.99 Å². The van der Waals surface area contributed by atoms with E-state index < -0.39 is 0 Å². The van der Waals surface area contributed by atoms with E-state index in [1.807, 2.05) is 7.05 Å². The highest BCUT2D eigenvalue weighted by Gasteiger charge is 2.59. The predicted molar refractivity (Wildman–Crippen MR) is 85.4 cm³/mol. The summed E-state index contributed by atoms with van der Waals surface area (Å²) < 4.78 is 5.85. The smallest absolute Gasteiger partial charge is 0.191 e. The largest absolute Gasteiger partial charge is 0.377 e. The number of thioether (sulfide) groups is 1. The van der Waals surface area contributed by atoms with Gasteiger partial charge in [-0.1, -0.05) is 13.8 Å². The maximum atomic E-state index is 5.85. The molecule has 5 heteroatoms. The minimum Gasteiger partial charge on any atom is -0.377 e. The van der Waals surface area contributed by atoms with Gasteiger partial charge in [-0.2, -0.15) is 11.8 Å². The standard InChI is InChI=1S/C15H27N3OS/c1-15(2)12(11-6-7-19-13(11)15)18-14(16-3)17-9-10-5-4-8-20-10/h10-13H,4-9H2,1-3H3,(H2,16,17,18). The van der Waals surface area contributed by atoms with Crippen LogP contribution in [0, 0.1) is 11.3 Å². The van der Waals surface area contributed by atoms with E-state index in [9.17, 15) is 0 Å². The number of guanidine groups is 1. The van der Waals surface area contributed by atoms with Gasteiger partial charge in [0.2, 0.25) is 0 Å². The molecule has 2 heterocycles. The zero-order chi connectivity index (χ0) is 14.2. The zero-order valence-electron chi connectivity index (χ0n) is 12.8. The van der Waals surface area contributed by atoms with E-state index in [1.54, 1.807) is 0 Å². The molecule has 0 bridgehead atoms. The number of hydrogen-bond donors (Lipinski definition) is 2. The van der Waals surface area contributed by atoms with E-state index in [2.05, 4.69) is 41.2 Å². The van der Waals surface area contributed by atoms with Crippen molar-refractivity contribution in [2.75, 3.05) is 26.0 Å². The molecule has 0 spiro atoms. The van der Waals surface area contributed by atoms with Gasteiger partial charge in [-0.15, -0.1) is 0 Å². The Hall–Kier alpha value is -0.420. The summed E-state index contributed by atoms with van der Waals surface area (Å²) in [6.45, 7) is 6.55. The number of nitrogens with one attached hydrogen (secondary N) is 2. The highest BCUT2D eigenvalue weighted by Crippen LogP contribution is 2.52. The van der Waals surface area contributed by atoms with Crippen molar-refractivity contribution in [2.45, 2.75) is 50.5 Å². The molecule has 2 aliphatic heterocycles.